The Hall–Kier alpha value is -2.96. The van der Waals surface area contributed by atoms with E-state index in [1.54, 1.807) is 31.5 Å². The number of nitrogens with zero attached hydrogens (tertiary/aromatic N) is 2. The minimum atomic E-state index is -0.738. The van der Waals surface area contributed by atoms with Crippen LogP contribution in [-0.2, 0) is 0 Å². The summed E-state index contributed by atoms with van der Waals surface area (Å²) >= 11 is 0. The summed E-state index contributed by atoms with van der Waals surface area (Å²) in [5.41, 5.74) is 0.201. The summed E-state index contributed by atoms with van der Waals surface area (Å²) in [7, 11) is 0. The molecule has 0 saturated heterocycles. The second-order valence-electron chi connectivity index (χ2n) is 4.41. The Morgan fingerprint density at radius 3 is 2.62 bits per heavy atom. The maximum absolute atomic E-state index is 12.1. The maximum atomic E-state index is 12.1. The Labute approximate surface area is 120 Å². The number of aromatic nitrogens is 1. The van der Waals surface area contributed by atoms with Crippen LogP contribution in [0.15, 0.2) is 42.7 Å². The molecule has 0 aliphatic rings. The topological polar surface area (TPSA) is 105 Å². The fourth-order valence-corrected chi connectivity index (χ4v) is 1.87. The zero-order valence-electron chi connectivity index (χ0n) is 11.2. The number of nitro benzene ring substituents is 1. The number of phenolic OH excluding ortho intramolecular Hbond substituents is 1. The lowest BCUT2D eigenvalue weighted by molar-refractivity contribution is -0.385. The Balaban J connectivity index is 2.22. The average Bonchev–Trinajstić information content (AvgIpc) is 2.47. The Morgan fingerprint density at radius 1 is 1.33 bits per heavy atom. The van der Waals surface area contributed by atoms with Gasteiger partial charge in [-0.05, 0) is 30.7 Å². The summed E-state index contributed by atoms with van der Waals surface area (Å²) in [5, 5.41) is 23.2. The molecule has 108 valence electrons. The number of hydrogen-bond acceptors (Lipinski definition) is 5. The van der Waals surface area contributed by atoms with Crippen LogP contribution in [0, 0.1) is 10.1 Å². The van der Waals surface area contributed by atoms with Crippen molar-refractivity contribution < 1.29 is 14.8 Å². The monoisotopic (exact) mass is 287 g/mol. The molecule has 0 fully saturated rings. The fraction of sp³-hybridized carbons (Fsp3) is 0.143. The van der Waals surface area contributed by atoms with Crippen LogP contribution in [-0.4, -0.2) is 20.9 Å². The van der Waals surface area contributed by atoms with Gasteiger partial charge in [0.25, 0.3) is 5.91 Å². The summed E-state index contributed by atoms with van der Waals surface area (Å²) in [5.74, 6) is -1.22. The number of pyridine rings is 1. The van der Waals surface area contributed by atoms with Gasteiger partial charge in [0.15, 0.2) is 0 Å². The van der Waals surface area contributed by atoms with Gasteiger partial charge < -0.3 is 10.4 Å². The largest absolute Gasteiger partial charge is 0.502 e. The summed E-state index contributed by atoms with van der Waals surface area (Å²) in [4.78, 5) is 26.0. The highest BCUT2D eigenvalue weighted by atomic mass is 16.6. The van der Waals surface area contributed by atoms with Crippen molar-refractivity contribution in [2.24, 2.45) is 0 Å². The van der Waals surface area contributed by atoms with Gasteiger partial charge >= 0.3 is 5.69 Å². The lowest BCUT2D eigenvalue weighted by Crippen LogP contribution is -2.26. The number of phenols is 1. The van der Waals surface area contributed by atoms with Crippen LogP contribution >= 0.6 is 0 Å². The molecule has 1 atom stereocenters. The van der Waals surface area contributed by atoms with E-state index in [9.17, 15) is 20.0 Å². The lowest BCUT2D eigenvalue weighted by atomic mass is 10.1. The molecule has 1 amide bonds. The number of nitrogens with one attached hydrogen (secondary N) is 1. The van der Waals surface area contributed by atoms with Crippen LogP contribution in [0.5, 0.6) is 5.75 Å². The van der Waals surface area contributed by atoms with Gasteiger partial charge in [-0.25, -0.2) is 0 Å². The van der Waals surface area contributed by atoms with E-state index in [0.717, 1.165) is 11.6 Å². The molecule has 0 bridgehead atoms. The van der Waals surface area contributed by atoms with E-state index in [2.05, 4.69) is 10.3 Å². The maximum Gasteiger partial charge on any atom is 0.311 e. The van der Waals surface area contributed by atoms with Crippen LogP contribution in [0.25, 0.3) is 0 Å². The standard InChI is InChI=1S/C14H13N3O4/c1-9(10-5-7-15-8-6-10)16-14(19)11-3-2-4-12(13(11)18)17(20)21/h2-9,18H,1H3,(H,16,19). The number of carbonyl (C=O) groups is 1. The molecule has 0 radical (unpaired) electrons. The summed E-state index contributed by atoms with van der Waals surface area (Å²) in [6.07, 6.45) is 3.20. The first-order chi connectivity index (χ1) is 10.0. The smallest absolute Gasteiger partial charge is 0.311 e. The average molecular weight is 287 g/mol. The van der Waals surface area contributed by atoms with Gasteiger partial charge in [-0.15, -0.1) is 0 Å². The van der Waals surface area contributed by atoms with Gasteiger partial charge in [-0.2, -0.15) is 0 Å². The van der Waals surface area contributed by atoms with Crippen LogP contribution in [0.2, 0.25) is 0 Å². The first kappa shape index (κ1) is 14.4. The molecule has 1 aromatic carbocycles. The van der Waals surface area contributed by atoms with Crippen LogP contribution in [0.1, 0.15) is 28.9 Å². The van der Waals surface area contributed by atoms with E-state index in [4.69, 9.17) is 0 Å². The molecular formula is C14H13N3O4. The van der Waals surface area contributed by atoms with Crippen molar-refractivity contribution in [1.29, 1.82) is 0 Å². The van der Waals surface area contributed by atoms with E-state index < -0.39 is 22.3 Å². The van der Waals surface area contributed by atoms with Gasteiger partial charge in [0.2, 0.25) is 5.75 Å². The quantitative estimate of drug-likeness (QED) is 0.662. The number of aromatic hydroxyl groups is 1. The van der Waals surface area contributed by atoms with Crippen molar-refractivity contribution in [2.45, 2.75) is 13.0 Å². The Morgan fingerprint density at radius 2 is 2.00 bits per heavy atom. The molecule has 7 heteroatoms. The van der Waals surface area contributed by atoms with Crippen molar-refractivity contribution >= 4 is 11.6 Å². The normalized spacial score (nSPS) is 11.7. The molecule has 0 aliphatic heterocycles. The van der Waals surface area contributed by atoms with Crippen LogP contribution < -0.4 is 5.32 Å². The van der Waals surface area contributed by atoms with E-state index >= 15 is 0 Å². The highest BCUT2D eigenvalue weighted by Crippen LogP contribution is 2.29. The molecule has 0 aliphatic carbocycles. The van der Waals surface area contributed by atoms with Crippen molar-refractivity contribution in [3.8, 4) is 5.75 Å². The number of benzene rings is 1. The number of amides is 1. The summed E-state index contributed by atoms with van der Waals surface area (Å²) in [6.45, 7) is 1.77. The molecule has 2 N–H and O–H groups in total. The molecule has 0 spiro atoms. The number of rotatable bonds is 4. The minimum absolute atomic E-state index is 0.134. The predicted molar refractivity (Wildman–Crippen MR) is 74.9 cm³/mol. The van der Waals surface area contributed by atoms with Crippen LogP contribution in [0.3, 0.4) is 0 Å². The van der Waals surface area contributed by atoms with Crippen molar-refractivity contribution in [3.05, 3.63) is 64.0 Å². The van der Waals surface area contributed by atoms with Crippen LogP contribution in [0.4, 0.5) is 5.69 Å². The van der Waals surface area contributed by atoms with E-state index in [1.807, 2.05) is 0 Å². The predicted octanol–water partition coefficient (Wildman–Crippen LogP) is 2.19. The van der Waals surface area contributed by atoms with E-state index in [1.165, 1.54) is 12.1 Å². The minimum Gasteiger partial charge on any atom is -0.502 e. The second kappa shape index (κ2) is 6.00. The molecule has 1 unspecified atom stereocenters. The number of carbonyl (C=O) groups excluding carboxylic acids is 1. The molecular weight excluding hydrogens is 274 g/mol. The first-order valence-corrected chi connectivity index (χ1v) is 6.18. The number of para-hydroxylation sites is 1. The lowest BCUT2D eigenvalue weighted by Gasteiger charge is -2.14. The highest BCUT2D eigenvalue weighted by Gasteiger charge is 2.21. The van der Waals surface area contributed by atoms with Gasteiger partial charge in [-0.1, -0.05) is 6.07 Å². The molecule has 1 heterocycles. The highest BCUT2D eigenvalue weighted by molar-refractivity contribution is 5.98. The van der Waals surface area contributed by atoms with Crippen molar-refractivity contribution in [1.82, 2.24) is 10.3 Å². The van der Waals surface area contributed by atoms with E-state index in [0.29, 0.717) is 0 Å². The Kier molecular flexibility index (Phi) is 4.13. The third kappa shape index (κ3) is 3.14. The zero-order chi connectivity index (χ0) is 15.4. The first-order valence-electron chi connectivity index (χ1n) is 6.18. The van der Waals surface area contributed by atoms with Gasteiger partial charge in [0.1, 0.15) is 0 Å². The SMILES string of the molecule is CC(NC(=O)c1cccc([N+](=O)[O-])c1O)c1ccncc1. The molecule has 7 nitrogen and oxygen atoms in total. The van der Waals surface area contributed by atoms with Crippen molar-refractivity contribution in [2.75, 3.05) is 0 Å². The summed E-state index contributed by atoms with van der Waals surface area (Å²) < 4.78 is 0. The second-order valence-corrected chi connectivity index (χ2v) is 4.41. The Bertz CT molecular complexity index is 673. The molecule has 1 aromatic heterocycles. The number of nitro groups is 1. The molecule has 0 saturated carbocycles. The summed E-state index contributed by atoms with van der Waals surface area (Å²) in [6, 6.07) is 6.99. The molecule has 21 heavy (non-hydrogen) atoms. The number of hydrogen-bond donors (Lipinski definition) is 2. The molecule has 2 aromatic rings. The zero-order valence-corrected chi connectivity index (χ0v) is 11.2. The van der Waals surface area contributed by atoms with E-state index in [-0.39, 0.29) is 11.6 Å². The van der Waals surface area contributed by atoms with Crippen molar-refractivity contribution in [3.63, 3.8) is 0 Å². The van der Waals surface area contributed by atoms with Gasteiger partial charge in [-0.3, -0.25) is 19.9 Å². The fourth-order valence-electron chi connectivity index (χ4n) is 1.87. The van der Waals surface area contributed by atoms with Gasteiger partial charge in [0, 0.05) is 18.5 Å². The third-order valence-corrected chi connectivity index (χ3v) is 3.01. The third-order valence-electron chi connectivity index (χ3n) is 3.01. The molecule has 2 rings (SSSR count). The van der Waals surface area contributed by atoms with Gasteiger partial charge in [0.05, 0.1) is 16.5 Å².